The highest BCUT2D eigenvalue weighted by Crippen LogP contribution is 2.40. The Morgan fingerprint density at radius 2 is 1.86 bits per heavy atom. The number of carbonyl (C=O) groups is 1. The molecule has 1 amide bonds. The van der Waals surface area contributed by atoms with Crippen LogP contribution >= 0.6 is 0 Å². The smallest absolute Gasteiger partial charge is 0.389 e. The molecule has 2 aromatic carbocycles. The molecular weight excluding hydrogens is 457 g/mol. The van der Waals surface area contributed by atoms with Gasteiger partial charge in [0.25, 0.3) is 5.91 Å². The fraction of sp³-hybridized carbons (Fsp3) is 0.423. The molecule has 1 unspecified atom stereocenters. The number of carbonyl (C=O) groups excluding carboxylic acids is 1. The number of aromatic nitrogens is 3. The van der Waals surface area contributed by atoms with Crippen molar-refractivity contribution in [2.24, 2.45) is 13.0 Å². The highest BCUT2D eigenvalue weighted by molar-refractivity contribution is 6.10. The van der Waals surface area contributed by atoms with Crippen molar-refractivity contribution in [2.45, 2.75) is 58.9 Å². The topological polar surface area (TPSA) is 71.2 Å². The minimum atomic E-state index is -4.58. The second kappa shape index (κ2) is 10.6. The zero-order valence-corrected chi connectivity index (χ0v) is 19.1. The van der Waals surface area contributed by atoms with E-state index in [4.69, 9.17) is 0 Å². The molecule has 1 aliphatic carbocycles. The number of hydrogen-bond acceptors (Lipinski definition) is 4. The Morgan fingerprint density at radius 1 is 1.17 bits per heavy atom. The van der Waals surface area contributed by atoms with Gasteiger partial charge in [0.1, 0.15) is 12.2 Å². The first-order valence-corrected chi connectivity index (χ1v) is 11.3. The zero-order valence-electron chi connectivity index (χ0n) is 19.1. The maximum Gasteiger partial charge on any atom is 0.416 e. The van der Waals surface area contributed by atoms with Crippen LogP contribution in [-0.4, -0.2) is 25.8 Å². The number of halogens is 3. The van der Waals surface area contributed by atoms with Crippen LogP contribution in [0.2, 0.25) is 0 Å². The molecule has 1 atom stereocenters. The maximum atomic E-state index is 13.3. The molecule has 1 fully saturated rings. The summed E-state index contributed by atoms with van der Waals surface area (Å²) < 4.78 is 42.0. The average molecular weight is 489 g/mol. The lowest BCUT2D eigenvalue weighted by molar-refractivity contribution is -0.138. The number of rotatable bonds is 4. The maximum absolute atomic E-state index is 13.3. The molecule has 1 N–H and O–H groups in total. The predicted molar refractivity (Wildman–Crippen MR) is 128 cm³/mol. The largest absolute Gasteiger partial charge is 0.416 e. The van der Waals surface area contributed by atoms with E-state index >= 15 is 0 Å². The number of aliphatic hydroxyl groups excluding tert-OH is 1. The van der Waals surface area contributed by atoms with Crippen LogP contribution in [0.4, 0.5) is 18.9 Å². The lowest BCUT2D eigenvalue weighted by Gasteiger charge is -2.24. The van der Waals surface area contributed by atoms with Crippen molar-refractivity contribution in [2.75, 3.05) is 4.90 Å². The fourth-order valence-electron chi connectivity index (χ4n) is 4.19. The summed E-state index contributed by atoms with van der Waals surface area (Å²) in [6.45, 7) is 1.24. The number of benzene rings is 2. The second-order valence-corrected chi connectivity index (χ2v) is 8.85. The van der Waals surface area contributed by atoms with Crippen molar-refractivity contribution >= 4 is 11.6 Å². The Balaban J connectivity index is 0.000000239. The molecule has 5 rings (SSSR count). The summed E-state index contributed by atoms with van der Waals surface area (Å²) in [5.74, 6) is 1.53. The summed E-state index contributed by atoms with van der Waals surface area (Å²) >= 11 is 0. The van der Waals surface area contributed by atoms with Crippen molar-refractivity contribution in [1.29, 1.82) is 0 Å². The van der Waals surface area contributed by atoms with E-state index in [0.717, 1.165) is 24.2 Å². The van der Waals surface area contributed by atoms with E-state index in [1.807, 2.05) is 11.6 Å². The molecule has 1 aliphatic heterocycles. The van der Waals surface area contributed by atoms with Crippen molar-refractivity contribution < 1.29 is 23.1 Å². The Bertz CT molecular complexity index is 1160. The van der Waals surface area contributed by atoms with E-state index < -0.39 is 23.8 Å². The highest BCUT2D eigenvalue weighted by atomic mass is 19.4. The van der Waals surface area contributed by atoms with Crippen molar-refractivity contribution in [3.05, 3.63) is 76.9 Å². The van der Waals surface area contributed by atoms with Gasteiger partial charge in [-0.15, -0.1) is 10.2 Å². The van der Waals surface area contributed by atoms with Crippen LogP contribution in [0.15, 0.2) is 48.8 Å². The molecule has 0 spiro atoms. The number of aliphatic hydroxyl groups is 1. The molecule has 35 heavy (non-hydrogen) atoms. The molecule has 9 heteroatoms. The lowest BCUT2D eigenvalue weighted by Crippen LogP contribution is -2.22. The molecule has 1 saturated carbocycles. The van der Waals surface area contributed by atoms with Gasteiger partial charge in [-0.05, 0) is 48.2 Å². The van der Waals surface area contributed by atoms with Gasteiger partial charge < -0.3 is 14.6 Å². The number of para-hydroxylation sites is 1. The van der Waals surface area contributed by atoms with Gasteiger partial charge in [0.05, 0.1) is 18.2 Å². The first-order chi connectivity index (χ1) is 16.1. The monoisotopic (exact) mass is 488 g/mol. The van der Waals surface area contributed by atoms with Crippen LogP contribution < -0.4 is 4.90 Å². The zero-order chi connectivity index (χ0) is 24.5. The number of fused-ring (bicyclic) bond motifs is 1. The number of amides is 1. The molecule has 2 aliphatic rings. The third kappa shape index (κ3) is 5.73. The Kier molecular flexibility index (Phi) is 8.00. The van der Waals surface area contributed by atoms with Gasteiger partial charge in [-0.25, -0.2) is 0 Å². The number of hydrogen-bond donors (Lipinski definition) is 1. The summed E-state index contributed by atoms with van der Waals surface area (Å²) in [7, 11) is 2.01. The van der Waals surface area contributed by atoms with Crippen LogP contribution in [0.1, 0.15) is 72.6 Å². The summed E-state index contributed by atoms with van der Waals surface area (Å²) in [6, 6.07) is 10.8. The van der Waals surface area contributed by atoms with Crippen LogP contribution in [0.25, 0.3) is 0 Å². The lowest BCUT2D eigenvalue weighted by atomic mass is 9.83. The molecule has 3 aromatic rings. The minimum Gasteiger partial charge on any atom is -0.389 e. The van der Waals surface area contributed by atoms with Gasteiger partial charge in [0, 0.05) is 24.7 Å². The number of alkyl halides is 3. The molecule has 0 radical (unpaired) electrons. The fourth-order valence-corrected chi connectivity index (χ4v) is 4.19. The molecule has 0 bridgehead atoms. The van der Waals surface area contributed by atoms with E-state index in [1.165, 1.54) is 37.2 Å². The Hall–Kier alpha value is -3.20. The van der Waals surface area contributed by atoms with Crippen molar-refractivity contribution in [3.8, 4) is 0 Å². The average Bonchev–Trinajstić information content (AvgIpc) is 3.33. The normalized spacial score (nSPS) is 16.1. The summed E-state index contributed by atoms with van der Waals surface area (Å²) in [4.78, 5) is 13.8. The first kappa shape index (κ1) is 26.4. The van der Waals surface area contributed by atoms with Crippen molar-refractivity contribution in [3.63, 3.8) is 0 Å². The van der Waals surface area contributed by atoms with Gasteiger partial charge >= 0.3 is 6.18 Å². The van der Waals surface area contributed by atoms with Gasteiger partial charge in [0.2, 0.25) is 0 Å². The van der Waals surface area contributed by atoms with Crippen LogP contribution in [0.5, 0.6) is 0 Å². The van der Waals surface area contributed by atoms with E-state index in [-0.39, 0.29) is 30.7 Å². The van der Waals surface area contributed by atoms with Crippen molar-refractivity contribution in [1.82, 2.24) is 14.8 Å². The predicted octanol–water partition coefficient (Wildman–Crippen LogP) is 5.71. The summed E-state index contributed by atoms with van der Waals surface area (Å²) in [5, 5.41) is 17.5. The highest BCUT2D eigenvalue weighted by Gasteiger charge is 2.40. The van der Waals surface area contributed by atoms with E-state index in [9.17, 15) is 23.1 Å². The Labute approximate surface area is 203 Å². The first-order valence-electron chi connectivity index (χ1n) is 11.3. The molecule has 188 valence electrons. The van der Waals surface area contributed by atoms with E-state index in [1.54, 1.807) is 36.7 Å². The third-order valence-electron chi connectivity index (χ3n) is 6.42. The van der Waals surface area contributed by atoms with Crippen LogP contribution in [-0.2, 0) is 26.2 Å². The summed E-state index contributed by atoms with van der Waals surface area (Å²) in [5.41, 5.74) is -0.284. The molecule has 1 aromatic heterocycles. The van der Waals surface area contributed by atoms with Crippen LogP contribution in [0.3, 0.4) is 0 Å². The second-order valence-electron chi connectivity index (χ2n) is 8.85. The molecule has 6 nitrogen and oxygen atoms in total. The standard InChI is InChI=1S/C17H14F3NO2.C8H13N3.CH4/c1-10(22)11-7-13-14(15(8-11)17(18,19)20)9-21(16(13)23)12-5-3-2-4-6-12;1-11-6-9-10-8(11)5-7-3-2-4-7;/h2-8,10,22H,9H2,1H3;6-7H,2-5H2,1H3;1H4. The van der Waals surface area contributed by atoms with Gasteiger partial charge in [-0.2, -0.15) is 13.2 Å². The number of nitrogens with zero attached hydrogens (tertiary/aromatic N) is 4. The number of aryl methyl sites for hydroxylation is 1. The Morgan fingerprint density at radius 3 is 2.37 bits per heavy atom. The number of anilines is 1. The third-order valence-corrected chi connectivity index (χ3v) is 6.42. The van der Waals surface area contributed by atoms with E-state index in [2.05, 4.69) is 10.2 Å². The minimum absolute atomic E-state index is 0. The van der Waals surface area contributed by atoms with Gasteiger partial charge in [-0.3, -0.25) is 4.79 Å². The molecule has 0 saturated heterocycles. The van der Waals surface area contributed by atoms with Gasteiger partial charge in [-0.1, -0.05) is 44.9 Å². The summed E-state index contributed by atoms with van der Waals surface area (Å²) in [6.07, 6.45) is 1.40. The van der Waals surface area contributed by atoms with E-state index in [0.29, 0.717) is 5.69 Å². The molecule has 2 heterocycles. The SMILES string of the molecule is C.CC(O)c1cc2c(c(C(F)(F)F)c1)CN(c1ccccc1)C2=O.Cn1cnnc1CC1CCC1. The van der Waals surface area contributed by atoms with Gasteiger partial charge in [0.15, 0.2) is 0 Å². The van der Waals surface area contributed by atoms with Crippen LogP contribution in [0, 0.1) is 5.92 Å². The quantitative estimate of drug-likeness (QED) is 0.511. The molecular formula is C26H31F3N4O2.